The average molecular weight is 807 g/mol. The van der Waals surface area contributed by atoms with Crippen LogP contribution in [0.3, 0.4) is 0 Å². The number of allylic oxidation sites excluding steroid dienone is 11. The van der Waals surface area contributed by atoms with E-state index in [2.05, 4.69) is 44.2 Å². The third-order valence-electron chi connectivity index (χ3n) is 8.59. The number of rotatable bonds is 38. The maximum atomic E-state index is 12.6. The molecule has 0 spiro atoms. The number of unbranched alkanes of at least 4 members (excludes halogenated alkanes) is 12. The van der Waals surface area contributed by atoms with Crippen molar-refractivity contribution in [1.29, 1.82) is 0 Å². The molecule has 0 aromatic carbocycles. The monoisotopic (exact) mass is 807 g/mol. The first-order valence-corrected chi connectivity index (χ1v) is 23.0. The zero-order valence-electron chi connectivity index (χ0n) is 35.9. The van der Waals surface area contributed by atoms with Crippen molar-refractivity contribution in [3.8, 4) is 0 Å². The van der Waals surface area contributed by atoms with E-state index in [0.717, 1.165) is 44.9 Å². The zero-order chi connectivity index (χ0) is 41.4. The second-order valence-corrected chi connectivity index (χ2v) is 16.7. The van der Waals surface area contributed by atoms with Gasteiger partial charge in [-0.2, -0.15) is 0 Å². The molecular formula is C46H81NO8P+. The van der Waals surface area contributed by atoms with Crippen LogP contribution in [0, 0.1) is 0 Å². The Bertz CT molecular complexity index is 1180. The SMILES string of the molecule is CC/C=C\C/C=C\CC(O)/C=C/C=C\C/C=C\CCCC(=O)O[C@H](CO/C=C/CCCCCC/C=C\CCCCCCCC)COP(=O)(O)OCC[N+](C)(C)C. The van der Waals surface area contributed by atoms with Crippen LogP contribution in [0.4, 0.5) is 0 Å². The summed E-state index contributed by atoms with van der Waals surface area (Å²) in [7, 11) is 1.54. The van der Waals surface area contributed by atoms with Gasteiger partial charge in [-0.1, -0.05) is 132 Å². The third kappa shape index (κ3) is 41.1. The molecule has 0 aliphatic heterocycles. The van der Waals surface area contributed by atoms with Gasteiger partial charge in [-0.25, -0.2) is 4.57 Å². The standard InChI is InChI=1S/C46H80NO8P/c1-6-8-10-12-14-15-16-17-18-19-20-21-24-27-31-35-40-52-42-45(43-54-56(50,51)53-41-39-47(3,4)5)55-46(49)38-34-30-26-23-22-25-29-33-37-44(48)36-32-28-13-11-9-7-2/h9,11,17-18,23,25-26,28-29,32-33,35,37,40,44-45,48H,6-8,10,12-16,19-22,24,27,30-31,34,36,38-39,41-43H2,1-5H3/p+1/b11-9-,18-17-,26-23-,29-25-,32-28-,37-33+,40-35+/t44?,45-/m1/s1. The quantitative estimate of drug-likeness (QED) is 0.0121. The second kappa shape index (κ2) is 38.0. The summed E-state index contributed by atoms with van der Waals surface area (Å²) in [5, 5.41) is 10.0. The number of likely N-dealkylation sites (N-methyl/N-ethyl adjacent to an activating group) is 1. The number of ether oxygens (including phenoxy) is 2. The van der Waals surface area contributed by atoms with Crippen molar-refractivity contribution < 1.29 is 42.4 Å². The van der Waals surface area contributed by atoms with Crippen LogP contribution in [-0.4, -0.2) is 80.2 Å². The van der Waals surface area contributed by atoms with E-state index in [1.165, 1.54) is 57.8 Å². The predicted octanol–water partition coefficient (Wildman–Crippen LogP) is 11.8. The van der Waals surface area contributed by atoms with Gasteiger partial charge in [0.2, 0.25) is 0 Å². The summed E-state index contributed by atoms with van der Waals surface area (Å²) in [6, 6.07) is 0. The Morgan fingerprint density at radius 1 is 0.679 bits per heavy atom. The minimum absolute atomic E-state index is 0.00273. The Kier molecular flexibility index (Phi) is 36.3. The molecule has 0 aliphatic carbocycles. The highest BCUT2D eigenvalue weighted by Gasteiger charge is 2.26. The number of phosphoric ester groups is 1. The van der Waals surface area contributed by atoms with Crippen LogP contribution < -0.4 is 0 Å². The summed E-state index contributed by atoms with van der Waals surface area (Å²) < 4.78 is 34.6. The maximum Gasteiger partial charge on any atom is 0.472 e. The number of hydrogen-bond acceptors (Lipinski definition) is 7. The number of hydrogen-bond donors (Lipinski definition) is 2. The van der Waals surface area contributed by atoms with Crippen LogP contribution >= 0.6 is 7.82 Å². The van der Waals surface area contributed by atoms with Gasteiger partial charge in [-0.15, -0.1) is 0 Å². The fourth-order valence-corrected chi connectivity index (χ4v) is 5.96. The Morgan fingerprint density at radius 2 is 1.27 bits per heavy atom. The lowest BCUT2D eigenvalue weighted by atomic mass is 10.1. The molecule has 0 heterocycles. The van der Waals surface area contributed by atoms with Crippen molar-refractivity contribution >= 4 is 13.8 Å². The normalized spacial score (nSPS) is 15.1. The van der Waals surface area contributed by atoms with Crippen LogP contribution in [0.2, 0.25) is 0 Å². The highest BCUT2D eigenvalue weighted by molar-refractivity contribution is 7.47. The van der Waals surface area contributed by atoms with Crippen molar-refractivity contribution in [2.75, 3.05) is 47.5 Å². The van der Waals surface area contributed by atoms with E-state index in [1.807, 2.05) is 63.7 Å². The average Bonchev–Trinajstić information content (AvgIpc) is 3.14. The molecular weight excluding hydrogens is 725 g/mol. The number of aliphatic hydroxyl groups excluding tert-OH is 1. The Hall–Kier alpha value is -2.52. The number of carbonyl (C=O) groups is 1. The van der Waals surface area contributed by atoms with E-state index in [4.69, 9.17) is 18.5 Å². The number of quaternary nitrogens is 1. The van der Waals surface area contributed by atoms with E-state index in [-0.39, 0.29) is 26.2 Å². The summed E-state index contributed by atoms with van der Waals surface area (Å²) in [5.41, 5.74) is 0. The topological polar surface area (TPSA) is 112 Å². The summed E-state index contributed by atoms with van der Waals surface area (Å²) in [5.74, 6) is -0.425. The van der Waals surface area contributed by atoms with Crippen molar-refractivity contribution in [2.24, 2.45) is 0 Å². The highest BCUT2D eigenvalue weighted by atomic mass is 31.2. The lowest BCUT2D eigenvalue weighted by molar-refractivity contribution is -0.870. The van der Waals surface area contributed by atoms with Crippen LogP contribution in [0.15, 0.2) is 85.3 Å². The molecule has 0 saturated heterocycles. The Morgan fingerprint density at radius 3 is 1.95 bits per heavy atom. The molecule has 0 rings (SSSR count). The van der Waals surface area contributed by atoms with Crippen LogP contribution in [-0.2, 0) is 27.9 Å². The van der Waals surface area contributed by atoms with Crippen LogP contribution in [0.25, 0.3) is 0 Å². The van der Waals surface area contributed by atoms with Crippen LogP contribution in [0.5, 0.6) is 0 Å². The summed E-state index contributed by atoms with van der Waals surface area (Å²) >= 11 is 0. The molecule has 0 aliphatic rings. The lowest BCUT2D eigenvalue weighted by Crippen LogP contribution is -2.37. The minimum atomic E-state index is -4.33. The molecule has 10 heteroatoms. The molecule has 2 N–H and O–H groups in total. The van der Waals surface area contributed by atoms with Gasteiger partial charge < -0.3 is 24.0 Å². The molecule has 3 atom stereocenters. The highest BCUT2D eigenvalue weighted by Crippen LogP contribution is 2.43. The first-order chi connectivity index (χ1) is 27.0. The first kappa shape index (κ1) is 53.5. The van der Waals surface area contributed by atoms with Gasteiger partial charge in [0.1, 0.15) is 19.8 Å². The van der Waals surface area contributed by atoms with Crippen molar-refractivity contribution in [1.82, 2.24) is 0 Å². The molecule has 56 heavy (non-hydrogen) atoms. The molecule has 2 unspecified atom stereocenters. The van der Waals surface area contributed by atoms with Gasteiger partial charge in [0.15, 0.2) is 6.10 Å². The number of carbonyl (C=O) groups excluding carboxylic acids is 1. The van der Waals surface area contributed by atoms with E-state index < -0.39 is 26.0 Å². The number of aliphatic hydroxyl groups is 1. The van der Waals surface area contributed by atoms with E-state index in [0.29, 0.717) is 30.3 Å². The molecule has 0 fully saturated rings. The van der Waals surface area contributed by atoms with Crippen molar-refractivity contribution in [3.05, 3.63) is 85.3 Å². The molecule has 0 amide bonds. The predicted molar refractivity (Wildman–Crippen MR) is 234 cm³/mol. The summed E-state index contributed by atoms with van der Waals surface area (Å²) in [6.07, 6.45) is 47.5. The van der Waals surface area contributed by atoms with Crippen molar-refractivity contribution in [3.63, 3.8) is 0 Å². The fraction of sp³-hybridized carbons (Fsp3) is 0.674. The smallest absolute Gasteiger partial charge is 0.472 e. The van der Waals surface area contributed by atoms with Gasteiger partial charge in [0.25, 0.3) is 0 Å². The lowest BCUT2D eigenvalue weighted by Gasteiger charge is -2.24. The molecule has 0 radical (unpaired) electrons. The van der Waals surface area contributed by atoms with Crippen LogP contribution in [0.1, 0.15) is 142 Å². The van der Waals surface area contributed by atoms with Gasteiger partial charge in [-0.3, -0.25) is 13.8 Å². The summed E-state index contributed by atoms with van der Waals surface area (Å²) in [6.45, 7) is 4.61. The number of nitrogens with zero attached hydrogens (tertiary/aromatic N) is 1. The molecule has 0 bridgehead atoms. The van der Waals surface area contributed by atoms with E-state index in [1.54, 1.807) is 12.3 Å². The maximum absolute atomic E-state index is 12.6. The van der Waals surface area contributed by atoms with Gasteiger partial charge in [0.05, 0.1) is 40.1 Å². The molecule has 0 aromatic heterocycles. The summed E-state index contributed by atoms with van der Waals surface area (Å²) in [4.78, 5) is 22.8. The molecule has 9 nitrogen and oxygen atoms in total. The molecule has 322 valence electrons. The minimum Gasteiger partial charge on any atom is -0.498 e. The molecule has 0 aromatic rings. The second-order valence-electron chi connectivity index (χ2n) is 15.3. The van der Waals surface area contributed by atoms with E-state index >= 15 is 0 Å². The van der Waals surface area contributed by atoms with Gasteiger partial charge in [-0.05, 0) is 83.1 Å². The zero-order valence-corrected chi connectivity index (χ0v) is 36.8. The van der Waals surface area contributed by atoms with Gasteiger partial charge in [0, 0.05) is 6.42 Å². The fourth-order valence-electron chi connectivity index (χ4n) is 5.22. The van der Waals surface area contributed by atoms with Crippen molar-refractivity contribution in [2.45, 2.75) is 154 Å². The van der Waals surface area contributed by atoms with Gasteiger partial charge >= 0.3 is 13.8 Å². The molecule has 0 saturated carbocycles. The number of esters is 1. The third-order valence-corrected chi connectivity index (χ3v) is 9.57. The first-order valence-electron chi connectivity index (χ1n) is 21.5. The van der Waals surface area contributed by atoms with E-state index in [9.17, 15) is 19.4 Å². The Labute approximate surface area is 342 Å². The Balaban J connectivity index is 4.51. The largest absolute Gasteiger partial charge is 0.498 e. The number of phosphoric acid groups is 1.